The number of hydrogen-bond acceptors (Lipinski definition) is 2. The summed E-state index contributed by atoms with van der Waals surface area (Å²) in [6.07, 6.45) is 4.15. The van der Waals surface area contributed by atoms with Crippen molar-refractivity contribution in [2.45, 2.75) is 51.6 Å². The van der Waals surface area contributed by atoms with Gasteiger partial charge in [-0.2, -0.15) is 0 Å². The smallest absolute Gasteiger partial charge is 0.256 e. The normalized spacial score (nSPS) is 16.3. The predicted molar refractivity (Wildman–Crippen MR) is 90.2 cm³/mol. The number of nitrogens with two attached hydrogens (primary N) is 1. The molecule has 0 aliphatic heterocycles. The van der Waals surface area contributed by atoms with E-state index in [-0.39, 0.29) is 17.6 Å². The van der Waals surface area contributed by atoms with Crippen molar-refractivity contribution >= 4 is 0 Å². The maximum absolute atomic E-state index is 13.0. The topological polar surface area (TPSA) is 48.0 Å². The Morgan fingerprint density at radius 1 is 1.23 bits per heavy atom. The molecule has 1 aliphatic rings. The molecule has 2 atom stereocenters. The fourth-order valence-corrected chi connectivity index (χ4v) is 3.40. The molecule has 0 fully saturated rings. The van der Waals surface area contributed by atoms with E-state index < -0.39 is 0 Å². The van der Waals surface area contributed by atoms with Crippen LogP contribution in [0.3, 0.4) is 0 Å². The maximum atomic E-state index is 13.0. The molecule has 116 valence electrons. The van der Waals surface area contributed by atoms with Crippen molar-refractivity contribution in [2.24, 2.45) is 5.73 Å². The van der Waals surface area contributed by atoms with Gasteiger partial charge in [-0.25, -0.2) is 0 Å². The Labute approximate surface area is 131 Å². The van der Waals surface area contributed by atoms with Gasteiger partial charge in [0, 0.05) is 17.3 Å². The van der Waals surface area contributed by atoms with Crippen LogP contribution in [0.4, 0.5) is 0 Å². The molecule has 1 aromatic carbocycles. The van der Waals surface area contributed by atoms with Gasteiger partial charge in [0.1, 0.15) is 0 Å². The lowest BCUT2D eigenvalue weighted by atomic mass is 9.98. The SMILES string of the molecule is CCC(C)n1c2c(cc(C(N)c3ccccc3)c1=O)CCC2. The fourth-order valence-electron chi connectivity index (χ4n) is 3.40. The van der Waals surface area contributed by atoms with Crippen LogP contribution in [0.5, 0.6) is 0 Å². The average Bonchev–Trinajstić information content (AvgIpc) is 3.01. The van der Waals surface area contributed by atoms with Crippen molar-refractivity contribution in [3.8, 4) is 0 Å². The maximum Gasteiger partial charge on any atom is 0.256 e. The number of hydrogen-bond donors (Lipinski definition) is 1. The minimum atomic E-state index is -0.352. The summed E-state index contributed by atoms with van der Waals surface area (Å²) in [5.41, 5.74) is 10.8. The Kier molecular flexibility index (Phi) is 4.16. The molecule has 0 saturated heterocycles. The van der Waals surface area contributed by atoms with Gasteiger partial charge >= 0.3 is 0 Å². The zero-order valence-electron chi connectivity index (χ0n) is 13.4. The fraction of sp³-hybridized carbons (Fsp3) is 0.421. The Hall–Kier alpha value is -1.87. The van der Waals surface area contributed by atoms with Crippen molar-refractivity contribution in [1.82, 2.24) is 4.57 Å². The van der Waals surface area contributed by atoms with E-state index in [9.17, 15) is 4.79 Å². The van der Waals surface area contributed by atoms with Gasteiger partial charge in [0.05, 0.1) is 6.04 Å². The zero-order valence-corrected chi connectivity index (χ0v) is 13.4. The van der Waals surface area contributed by atoms with E-state index in [0.29, 0.717) is 0 Å². The first-order valence-corrected chi connectivity index (χ1v) is 8.21. The van der Waals surface area contributed by atoms with Gasteiger partial charge in [-0.1, -0.05) is 37.3 Å². The van der Waals surface area contributed by atoms with Crippen LogP contribution in [-0.4, -0.2) is 4.57 Å². The number of fused-ring (bicyclic) bond motifs is 1. The Balaban J connectivity index is 2.15. The molecule has 3 heteroatoms. The van der Waals surface area contributed by atoms with Gasteiger partial charge < -0.3 is 10.3 Å². The molecule has 0 saturated carbocycles. The summed E-state index contributed by atoms with van der Waals surface area (Å²) < 4.78 is 2.00. The highest BCUT2D eigenvalue weighted by Gasteiger charge is 2.24. The van der Waals surface area contributed by atoms with E-state index in [1.807, 2.05) is 34.9 Å². The minimum Gasteiger partial charge on any atom is -0.320 e. The van der Waals surface area contributed by atoms with Gasteiger partial charge in [-0.3, -0.25) is 4.79 Å². The molecular weight excluding hydrogens is 272 g/mol. The van der Waals surface area contributed by atoms with Gasteiger partial charge in [0.25, 0.3) is 5.56 Å². The van der Waals surface area contributed by atoms with Gasteiger partial charge in [0.15, 0.2) is 0 Å². The van der Waals surface area contributed by atoms with Crippen LogP contribution in [0.25, 0.3) is 0 Å². The van der Waals surface area contributed by atoms with Crippen molar-refractivity contribution < 1.29 is 0 Å². The third-order valence-electron chi connectivity index (χ3n) is 4.84. The first-order valence-electron chi connectivity index (χ1n) is 8.21. The first kappa shape index (κ1) is 15.0. The van der Waals surface area contributed by atoms with E-state index in [0.717, 1.165) is 36.8 Å². The molecule has 0 amide bonds. The third-order valence-corrected chi connectivity index (χ3v) is 4.84. The summed E-state index contributed by atoms with van der Waals surface area (Å²) >= 11 is 0. The lowest BCUT2D eigenvalue weighted by Gasteiger charge is -2.22. The number of benzene rings is 1. The van der Waals surface area contributed by atoms with Crippen molar-refractivity contribution in [3.05, 3.63) is 69.1 Å². The zero-order chi connectivity index (χ0) is 15.7. The molecule has 2 unspecified atom stereocenters. The third kappa shape index (κ3) is 2.50. The molecule has 0 radical (unpaired) electrons. The molecule has 3 rings (SSSR count). The van der Waals surface area contributed by atoms with Crippen LogP contribution >= 0.6 is 0 Å². The summed E-state index contributed by atoms with van der Waals surface area (Å²) in [6.45, 7) is 4.25. The summed E-state index contributed by atoms with van der Waals surface area (Å²) in [5.74, 6) is 0. The highest BCUT2D eigenvalue weighted by Crippen LogP contribution is 2.27. The highest BCUT2D eigenvalue weighted by atomic mass is 16.1. The second kappa shape index (κ2) is 6.09. The van der Waals surface area contributed by atoms with Crippen LogP contribution in [0.1, 0.15) is 61.2 Å². The number of nitrogens with zero attached hydrogens (tertiary/aromatic N) is 1. The highest BCUT2D eigenvalue weighted by molar-refractivity contribution is 5.36. The molecular formula is C19H24N2O. The largest absolute Gasteiger partial charge is 0.320 e. The predicted octanol–water partition coefficient (Wildman–Crippen LogP) is 3.36. The van der Waals surface area contributed by atoms with E-state index in [2.05, 4.69) is 19.9 Å². The van der Waals surface area contributed by atoms with E-state index in [1.165, 1.54) is 11.3 Å². The Morgan fingerprint density at radius 3 is 2.64 bits per heavy atom. The molecule has 0 spiro atoms. The van der Waals surface area contributed by atoms with Crippen LogP contribution in [0.15, 0.2) is 41.2 Å². The van der Waals surface area contributed by atoms with Gasteiger partial charge in [0.2, 0.25) is 0 Å². The van der Waals surface area contributed by atoms with Crippen molar-refractivity contribution in [2.75, 3.05) is 0 Å². The molecule has 1 heterocycles. The Morgan fingerprint density at radius 2 is 1.95 bits per heavy atom. The standard InChI is InChI=1S/C19H24N2O/c1-3-13(2)21-17-11-7-10-15(17)12-16(19(21)22)18(20)14-8-5-4-6-9-14/h4-6,8-9,12-13,18H,3,7,10-11,20H2,1-2H3. The molecule has 1 aromatic heterocycles. The average molecular weight is 296 g/mol. The quantitative estimate of drug-likeness (QED) is 0.940. The van der Waals surface area contributed by atoms with Crippen LogP contribution < -0.4 is 11.3 Å². The summed E-state index contributed by atoms with van der Waals surface area (Å²) in [7, 11) is 0. The van der Waals surface area contributed by atoms with Gasteiger partial charge in [-0.15, -0.1) is 0 Å². The first-order chi connectivity index (χ1) is 10.6. The van der Waals surface area contributed by atoms with Crippen molar-refractivity contribution in [1.29, 1.82) is 0 Å². The second-order valence-corrected chi connectivity index (χ2v) is 6.25. The van der Waals surface area contributed by atoms with Gasteiger partial charge in [-0.05, 0) is 49.8 Å². The van der Waals surface area contributed by atoms with E-state index in [1.54, 1.807) is 0 Å². The van der Waals surface area contributed by atoms with Crippen molar-refractivity contribution in [3.63, 3.8) is 0 Å². The van der Waals surface area contributed by atoms with E-state index in [4.69, 9.17) is 5.73 Å². The molecule has 3 nitrogen and oxygen atoms in total. The second-order valence-electron chi connectivity index (χ2n) is 6.25. The molecule has 2 N–H and O–H groups in total. The number of aromatic nitrogens is 1. The number of aryl methyl sites for hydroxylation is 1. The lowest BCUT2D eigenvalue weighted by molar-refractivity contribution is 0.492. The monoisotopic (exact) mass is 296 g/mol. The molecule has 0 bridgehead atoms. The summed E-state index contributed by atoms with van der Waals surface area (Å²) in [6, 6.07) is 11.8. The molecule has 1 aliphatic carbocycles. The minimum absolute atomic E-state index is 0.0892. The Bertz CT molecular complexity index is 718. The van der Waals surface area contributed by atoms with E-state index >= 15 is 0 Å². The van der Waals surface area contributed by atoms with Crippen LogP contribution in [0.2, 0.25) is 0 Å². The summed E-state index contributed by atoms with van der Waals surface area (Å²) in [4.78, 5) is 13.0. The lowest BCUT2D eigenvalue weighted by Crippen LogP contribution is -2.32. The van der Waals surface area contributed by atoms with Crippen LogP contribution in [0, 0.1) is 0 Å². The molecule has 22 heavy (non-hydrogen) atoms. The van der Waals surface area contributed by atoms with Crippen LogP contribution in [-0.2, 0) is 12.8 Å². The number of rotatable bonds is 4. The number of pyridine rings is 1. The molecule has 2 aromatic rings. The summed E-state index contributed by atoms with van der Waals surface area (Å²) in [5, 5.41) is 0.